The van der Waals surface area contributed by atoms with Crippen LogP contribution in [0, 0.1) is 0 Å². The third-order valence-corrected chi connectivity index (χ3v) is 3.46. The van der Waals surface area contributed by atoms with Gasteiger partial charge in [0.1, 0.15) is 0 Å². The molecule has 1 aliphatic carbocycles. The van der Waals surface area contributed by atoms with E-state index in [0.717, 1.165) is 18.5 Å². The van der Waals surface area contributed by atoms with Gasteiger partial charge in [0.05, 0.1) is 5.69 Å². The van der Waals surface area contributed by atoms with Crippen molar-refractivity contribution >= 4 is 17.4 Å². The lowest BCUT2D eigenvalue weighted by atomic mass is 10.1. The van der Waals surface area contributed by atoms with Crippen molar-refractivity contribution in [2.45, 2.75) is 25.7 Å². The maximum Gasteiger partial charge on any atom is 0.276 e. The molecular formula is C16H15N3O2. The number of Topliss-reactive ketones (excluding diaryl/α,β-unsaturated/α-hetero) is 1. The number of nitrogens with one attached hydrogen (secondary N) is 1. The fourth-order valence-electron chi connectivity index (χ4n) is 2.04. The third-order valence-electron chi connectivity index (χ3n) is 3.46. The second-order valence-electron chi connectivity index (χ2n) is 5.21. The lowest BCUT2D eigenvalue weighted by Crippen LogP contribution is -2.14. The van der Waals surface area contributed by atoms with E-state index >= 15 is 0 Å². The van der Waals surface area contributed by atoms with E-state index in [-0.39, 0.29) is 17.4 Å². The first-order valence-electron chi connectivity index (χ1n) is 6.89. The van der Waals surface area contributed by atoms with Gasteiger partial charge in [-0.05, 0) is 56.2 Å². The molecular weight excluding hydrogens is 266 g/mol. The summed E-state index contributed by atoms with van der Waals surface area (Å²) in [7, 11) is 0. The van der Waals surface area contributed by atoms with Gasteiger partial charge in [0.15, 0.2) is 11.5 Å². The molecule has 106 valence electrons. The highest BCUT2D eigenvalue weighted by Gasteiger charge is 2.25. The van der Waals surface area contributed by atoms with Crippen LogP contribution in [0.2, 0.25) is 0 Å². The summed E-state index contributed by atoms with van der Waals surface area (Å²) in [6, 6.07) is 10.3. The Bertz CT molecular complexity index is 674. The number of carbonyl (C=O) groups excluding carboxylic acids is 2. The highest BCUT2D eigenvalue weighted by molar-refractivity contribution is 6.03. The number of ketones is 1. The monoisotopic (exact) mass is 281 g/mol. The normalized spacial score (nSPS) is 13.8. The molecule has 0 radical (unpaired) electrons. The van der Waals surface area contributed by atoms with E-state index in [1.54, 1.807) is 30.3 Å². The highest BCUT2D eigenvalue weighted by Crippen LogP contribution is 2.38. The van der Waals surface area contributed by atoms with Crippen molar-refractivity contribution in [2.24, 2.45) is 0 Å². The van der Waals surface area contributed by atoms with Crippen LogP contribution in [0.1, 0.15) is 52.2 Å². The van der Waals surface area contributed by atoms with Crippen molar-refractivity contribution in [1.82, 2.24) is 10.2 Å². The Morgan fingerprint density at radius 3 is 2.29 bits per heavy atom. The second kappa shape index (κ2) is 5.44. The number of benzene rings is 1. The number of amides is 1. The van der Waals surface area contributed by atoms with Crippen molar-refractivity contribution in [3.05, 3.63) is 53.3 Å². The van der Waals surface area contributed by atoms with Gasteiger partial charge in [0.25, 0.3) is 5.91 Å². The first-order chi connectivity index (χ1) is 10.1. The molecule has 1 fully saturated rings. The minimum absolute atomic E-state index is 0.00518. The van der Waals surface area contributed by atoms with E-state index in [9.17, 15) is 9.59 Å². The molecule has 1 aromatic heterocycles. The minimum atomic E-state index is -0.305. The topological polar surface area (TPSA) is 72.0 Å². The second-order valence-corrected chi connectivity index (χ2v) is 5.21. The number of rotatable bonds is 4. The summed E-state index contributed by atoms with van der Waals surface area (Å²) in [6.45, 7) is 1.50. The highest BCUT2D eigenvalue weighted by atomic mass is 16.2. The van der Waals surface area contributed by atoms with Gasteiger partial charge in [-0.25, -0.2) is 0 Å². The number of anilines is 1. The number of nitrogens with zero attached hydrogens (tertiary/aromatic N) is 2. The van der Waals surface area contributed by atoms with E-state index in [1.165, 1.54) is 6.92 Å². The van der Waals surface area contributed by atoms with E-state index in [1.807, 2.05) is 6.07 Å². The minimum Gasteiger partial charge on any atom is -0.321 e. The zero-order chi connectivity index (χ0) is 14.8. The van der Waals surface area contributed by atoms with Crippen LogP contribution < -0.4 is 5.32 Å². The fourth-order valence-corrected chi connectivity index (χ4v) is 2.04. The molecule has 0 saturated heterocycles. The number of hydrogen-bond acceptors (Lipinski definition) is 4. The SMILES string of the molecule is CC(=O)c1ccc(NC(=O)c2ccc(C3CC3)nn2)cc1. The molecule has 1 heterocycles. The molecule has 0 atom stereocenters. The average Bonchev–Trinajstić information content (AvgIpc) is 3.32. The molecule has 0 spiro atoms. The first kappa shape index (κ1) is 13.4. The van der Waals surface area contributed by atoms with Crippen molar-refractivity contribution in [3.8, 4) is 0 Å². The Morgan fingerprint density at radius 2 is 1.76 bits per heavy atom. The van der Waals surface area contributed by atoms with Crippen molar-refractivity contribution in [1.29, 1.82) is 0 Å². The number of hydrogen-bond donors (Lipinski definition) is 1. The maximum atomic E-state index is 12.0. The molecule has 1 amide bonds. The van der Waals surface area contributed by atoms with Crippen LogP contribution in [0.3, 0.4) is 0 Å². The van der Waals surface area contributed by atoms with Gasteiger partial charge in [0, 0.05) is 17.2 Å². The number of carbonyl (C=O) groups is 2. The van der Waals surface area contributed by atoms with Gasteiger partial charge >= 0.3 is 0 Å². The van der Waals surface area contributed by atoms with Crippen LogP contribution in [-0.2, 0) is 0 Å². The molecule has 1 aromatic carbocycles. The van der Waals surface area contributed by atoms with Gasteiger partial charge < -0.3 is 5.32 Å². The van der Waals surface area contributed by atoms with Crippen molar-refractivity contribution in [2.75, 3.05) is 5.32 Å². The molecule has 1 N–H and O–H groups in total. The van der Waals surface area contributed by atoms with Gasteiger partial charge in [-0.1, -0.05) is 0 Å². The Hall–Kier alpha value is -2.56. The van der Waals surface area contributed by atoms with Gasteiger partial charge in [-0.3, -0.25) is 9.59 Å². The molecule has 1 aliphatic rings. The number of aromatic nitrogens is 2. The lowest BCUT2D eigenvalue weighted by Gasteiger charge is -2.05. The predicted octanol–water partition coefficient (Wildman–Crippen LogP) is 2.81. The molecule has 5 heteroatoms. The summed E-state index contributed by atoms with van der Waals surface area (Å²) >= 11 is 0. The molecule has 2 aromatic rings. The zero-order valence-corrected chi connectivity index (χ0v) is 11.7. The maximum absolute atomic E-state index is 12.0. The molecule has 3 rings (SSSR count). The summed E-state index contributed by atoms with van der Waals surface area (Å²) in [5.74, 6) is 0.212. The van der Waals surface area contributed by atoms with Crippen LogP contribution >= 0.6 is 0 Å². The largest absolute Gasteiger partial charge is 0.321 e. The summed E-state index contributed by atoms with van der Waals surface area (Å²) in [5, 5.41) is 10.8. The Morgan fingerprint density at radius 1 is 1.05 bits per heavy atom. The van der Waals surface area contributed by atoms with E-state index < -0.39 is 0 Å². The molecule has 5 nitrogen and oxygen atoms in total. The van der Waals surface area contributed by atoms with Crippen LogP contribution in [-0.4, -0.2) is 21.9 Å². The molecule has 0 aliphatic heterocycles. The van der Waals surface area contributed by atoms with Crippen LogP contribution in [0.4, 0.5) is 5.69 Å². The Kier molecular flexibility index (Phi) is 3.48. The van der Waals surface area contributed by atoms with Gasteiger partial charge in [0.2, 0.25) is 0 Å². The van der Waals surface area contributed by atoms with E-state index in [0.29, 0.717) is 17.2 Å². The summed E-state index contributed by atoms with van der Waals surface area (Å²) in [4.78, 5) is 23.2. The van der Waals surface area contributed by atoms with Gasteiger partial charge in [-0.15, -0.1) is 5.10 Å². The summed E-state index contributed by atoms with van der Waals surface area (Å²) < 4.78 is 0. The fraction of sp³-hybridized carbons (Fsp3) is 0.250. The lowest BCUT2D eigenvalue weighted by molar-refractivity contribution is 0.101. The van der Waals surface area contributed by atoms with Crippen LogP contribution in [0.15, 0.2) is 36.4 Å². The smallest absolute Gasteiger partial charge is 0.276 e. The van der Waals surface area contributed by atoms with E-state index in [2.05, 4.69) is 15.5 Å². The van der Waals surface area contributed by atoms with Crippen LogP contribution in [0.5, 0.6) is 0 Å². The summed E-state index contributed by atoms with van der Waals surface area (Å²) in [5.41, 5.74) is 2.48. The Labute approximate surface area is 122 Å². The molecule has 1 saturated carbocycles. The average molecular weight is 281 g/mol. The van der Waals surface area contributed by atoms with Crippen molar-refractivity contribution in [3.63, 3.8) is 0 Å². The third kappa shape index (κ3) is 3.13. The molecule has 21 heavy (non-hydrogen) atoms. The van der Waals surface area contributed by atoms with Gasteiger partial charge in [-0.2, -0.15) is 5.10 Å². The predicted molar refractivity (Wildman–Crippen MR) is 78.4 cm³/mol. The van der Waals surface area contributed by atoms with E-state index in [4.69, 9.17) is 0 Å². The summed E-state index contributed by atoms with van der Waals surface area (Å²) in [6.07, 6.45) is 2.31. The standard InChI is InChI=1S/C16H15N3O2/c1-10(20)11-4-6-13(7-5-11)17-16(21)15-9-8-14(18-19-15)12-2-3-12/h4-9,12H,2-3H2,1H3,(H,17,21). The Balaban J connectivity index is 1.68. The molecule has 0 bridgehead atoms. The first-order valence-corrected chi connectivity index (χ1v) is 6.89. The quantitative estimate of drug-likeness (QED) is 0.875. The zero-order valence-electron chi connectivity index (χ0n) is 11.7. The van der Waals surface area contributed by atoms with Crippen LogP contribution in [0.25, 0.3) is 0 Å². The molecule has 0 unspecified atom stereocenters. The van der Waals surface area contributed by atoms with Crippen molar-refractivity contribution < 1.29 is 9.59 Å².